The molecule has 0 bridgehead atoms. The molecule has 1 aromatic rings. The molecule has 1 N–H and O–H groups in total. The fourth-order valence-corrected chi connectivity index (χ4v) is 3.13. The van der Waals surface area contributed by atoms with Crippen LogP contribution >= 0.6 is 22.9 Å². The summed E-state index contributed by atoms with van der Waals surface area (Å²) in [5.74, 6) is -0.781. The van der Waals surface area contributed by atoms with E-state index in [4.69, 9.17) is 16.7 Å². The highest BCUT2D eigenvalue weighted by Crippen LogP contribution is 2.23. The van der Waals surface area contributed by atoms with E-state index in [9.17, 15) is 9.00 Å². The van der Waals surface area contributed by atoms with E-state index in [0.717, 1.165) is 4.88 Å². The summed E-state index contributed by atoms with van der Waals surface area (Å²) in [6, 6.07) is 3.48. The molecule has 0 saturated heterocycles. The third-order valence-electron chi connectivity index (χ3n) is 1.66. The average Bonchev–Trinajstić information content (AvgIpc) is 2.49. The normalized spacial score (nSPS) is 15.0. The molecule has 0 aliphatic carbocycles. The van der Waals surface area contributed by atoms with Gasteiger partial charge in [-0.15, -0.1) is 11.3 Å². The molecular formula is C8H9ClO3S2. The Hall–Kier alpha value is -0.390. The van der Waals surface area contributed by atoms with Crippen molar-refractivity contribution in [3.05, 3.63) is 21.3 Å². The summed E-state index contributed by atoms with van der Waals surface area (Å²) in [4.78, 5) is 11.4. The summed E-state index contributed by atoms with van der Waals surface area (Å²) in [5.41, 5.74) is 0. The van der Waals surface area contributed by atoms with Crippen molar-refractivity contribution in [2.45, 2.75) is 17.9 Å². The van der Waals surface area contributed by atoms with Crippen molar-refractivity contribution in [2.24, 2.45) is 0 Å². The minimum Gasteiger partial charge on any atom is -0.480 e. The molecule has 1 aromatic heterocycles. The third-order valence-corrected chi connectivity index (χ3v) is 4.66. The average molecular weight is 253 g/mol. The molecule has 0 spiro atoms. The first-order valence-corrected chi connectivity index (χ1v) is 6.42. The summed E-state index contributed by atoms with van der Waals surface area (Å²) in [6.45, 7) is 1.44. The van der Waals surface area contributed by atoms with Gasteiger partial charge in [-0.3, -0.25) is 9.00 Å². The molecule has 14 heavy (non-hydrogen) atoms. The third kappa shape index (κ3) is 3.08. The van der Waals surface area contributed by atoms with Crippen LogP contribution in [0.3, 0.4) is 0 Å². The monoisotopic (exact) mass is 252 g/mol. The number of carboxylic acids is 1. The number of rotatable bonds is 4. The van der Waals surface area contributed by atoms with Crippen molar-refractivity contribution in [1.82, 2.24) is 0 Å². The maximum atomic E-state index is 11.5. The molecule has 6 heteroatoms. The lowest BCUT2D eigenvalue weighted by atomic mass is 10.5. The van der Waals surface area contributed by atoms with Gasteiger partial charge in [-0.1, -0.05) is 11.6 Å². The van der Waals surface area contributed by atoms with E-state index in [0.29, 0.717) is 4.34 Å². The van der Waals surface area contributed by atoms with E-state index in [1.807, 2.05) is 0 Å². The lowest BCUT2D eigenvalue weighted by Crippen LogP contribution is -2.22. The van der Waals surface area contributed by atoms with E-state index < -0.39 is 22.0 Å². The van der Waals surface area contributed by atoms with Crippen molar-refractivity contribution >= 4 is 39.7 Å². The number of hydrogen-bond donors (Lipinski definition) is 1. The predicted octanol–water partition coefficient (Wildman–Crippen LogP) is 2.12. The van der Waals surface area contributed by atoms with Crippen LogP contribution in [0, 0.1) is 0 Å². The Morgan fingerprint density at radius 2 is 2.36 bits per heavy atom. The summed E-state index contributed by atoms with van der Waals surface area (Å²) < 4.78 is 12.1. The second kappa shape index (κ2) is 4.91. The molecular weight excluding hydrogens is 244 g/mol. The first-order valence-electron chi connectivity index (χ1n) is 3.85. The van der Waals surface area contributed by atoms with Crippen LogP contribution in [0.2, 0.25) is 4.34 Å². The topological polar surface area (TPSA) is 54.4 Å². The van der Waals surface area contributed by atoms with Gasteiger partial charge in [0.05, 0.1) is 10.1 Å². The van der Waals surface area contributed by atoms with Gasteiger partial charge in [0.1, 0.15) is 5.25 Å². The Morgan fingerprint density at radius 1 is 1.71 bits per heavy atom. The number of halogens is 1. The largest absolute Gasteiger partial charge is 0.480 e. The van der Waals surface area contributed by atoms with Gasteiger partial charge in [-0.25, -0.2) is 0 Å². The highest BCUT2D eigenvalue weighted by Gasteiger charge is 2.19. The summed E-state index contributed by atoms with van der Waals surface area (Å²) in [7, 11) is -1.38. The fourth-order valence-electron chi connectivity index (χ4n) is 0.807. The summed E-state index contributed by atoms with van der Waals surface area (Å²) in [6.07, 6.45) is 0. The molecule has 0 aliphatic rings. The maximum Gasteiger partial charge on any atom is 0.318 e. The van der Waals surface area contributed by atoms with Crippen molar-refractivity contribution in [3.63, 3.8) is 0 Å². The molecule has 0 radical (unpaired) electrons. The van der Waals surface area contributed by atoms with Crippen molar-refractivity contribution in [3.8, 4) is 0 Å². The van der Waals surface area contributed by atoms with Gasteiger partial charge in [0, 0.05) is 15.7 Å². The quantitative estimate of drug-likeness (QED) is 0.893. The second-order valence-corrected chi connectivity index (χ2v) is 6.27. The minimum atomic E-state index is -1.38. The molecule has 78 valence electrons. The smallest absolute Gasteiger partial charge is 0.318 e. The van der Waals surface area contributed by atoms with E-state index >= 15 is 0 Å². The number of aliphatic carboxylic acids is 1. The number of hydrogen-bond acceptors (Lipinski definition) is 3. The van der Waals surface area contributed by atoms with Crippen LogP contribution in [0.4, 0.5) is 0 Å². The summed E-state index contributed by atoms with van der Waals surface area (Å²) in [5, 5.41) is 7.78. The zero-order chi connectivity index (χ0) is 10.7. The molecule has 3 nitrogen and oxygen atoms in total. The molecule has 0 fully saturated rings. The van der Waals surface area contributed by atoms with E-state index in [-0.39, 0.29) is 5.75 Å². The number of thiophene rings is 1. The highest BCUT2D eigenvalue weighted by molar-refractivity contribution is 7.85. The lowest BCUT2D eigenvalue weighted by Gasteiger charge is -2.04. The van der Waals surface area contributed by atoms with Gasteiger partial charge in [0.2, 0.25) is 0 Å². The Morgan fingerprint density at radius 3 is 2.79 bits per heavy atom. The fraction of sp³-hybridized carbons (Fsp3) is 0.375. The van der Waals surface area contributed by atoms with Gasteiger partial charge >= 0.3 is 5.97 Å². The number of carboxylic acid groups (broad SMARTS) is 1. The van der Waals surface area contributed by atoms with Crippen LogP contribution < -0.4 is 0 Å². The van der Waals surface area contributed by atoms with Crippen LogP contribution in [0.5, 0.6) is 0 Å². The van der Waals surface area contributed by atoms with Crippen molar-refractivity contribution < 1.29 is 14.1 Å². The van der Waals surface area contributed by atoms with Gasteiger partial charge in [-0.2, -0.15) is 0 Å². The molecule has 2 atom stereocenters. The van der Waals surface area contributed by atoms with Gasteiger partial charge in [0.15, 0.2) is 0 Å². The first-order chi connectivity index (χ1) is 6.50. The maximum absolute atomic E-state index is 11.5. The summed E-state index contributed by atoms with van der Waals surface area (Å²) >= 11 is 7.01. The van der Waals surface area contributed by atoms with Crippen LogP contribution in [0.15, 0.2) is 12.1 Å². The molecule has 2 unspecified atom stereocenters. The number of carbonyl (C=O) groups is 1. The molecule has 0 aromatic carbocycles. The van der Waals surface area contributed by atoms with Crippen LogP contribution in [0.1, 0.15) is 11.8 Å². The molecule has 0 saturated carbocycles. The zero-order valence-corrected chi connectivity index (χ0v) is 9.79. The van der Waals surface area contributed by atoms with Gasteiger partial charge < -0.3 is 5.11 Å². The SMILES string of the molecule is CC(C(=O)O)S(=O)Cc1ccc(Cl)s1. The van der Waals surface area contributed by atoms with Crippen LogP contribution in [-0.2, 0) is 21.3 Å². The van der Waals surface area contributed by atoms with Crippen molar-refractivity contribution in [1.29, 1.82) is 0 Å². The Balaban J connectivity index is 2.61. The van der Waals surface area contributed by atoms with E-state index in [1.165, 1.54) is 18.3 Å². The van der Waals surface area contributed by atoms with Crippen LogP contribution in [-0.4, -0.2) is 20.5 Å². The highest BCUT2D eigenvalue weighted by atomic mass is 35.5. The van der Waals surface area contributed by atoms with E-state index in [1.54, 1.807) is 12.1 Å². The first kappa shape index (κ1) is 11.7. The standard InChI is InChI=1S/C8H9ClO3S2/c1-5(8(10)11)14(12)4-6-2-3-7(9)13-6/h2-3,5H,4H2,1H3,(H,10,11). The van der Waals surface area contributed by atoms with Gasteiger partial charge in [0.25, 0.3) is 0 Å². The molecule has 0 aliphatic heterocycles. The molecule has 1 rings (SSSR count). The Kier molecular flexibility index (Phi) is 4.10. The lowest BCUT2D eigenvalue weighted by molar-refractivity contribution is -0.136. The second-order valence-electron chi connectivity index (χ2n) is 2.71. The van der Waals surface area contributed by atoms with Crippen LogP contribution in [0.25, 0.3) is 0 Å². The molecule has 0 amide bonds. The minimum absolute atomic E-state index is 0.255. The predicted molar refractivity (Wildman–Crippen MR) is 58.3 cm³/mol. The van der Waals surface area contributed by atoms with E-state index in [2.05, 4.69) is 0 Å². The Bertz CT molecular complexity index is 361. The molecule has 1 heterocycles. The van der Waals surface area contributed by atoms with Crippen molar-refractivity contribution in [2.75, 3.05) is 0 Å². The Labute approximate surface area is 93.2 Å². The zero-order valence-electron chi connectivity index (χ0n) is 7.40. The van der Waals surface area contributed by atoms with Gasteiger partial charge in [-0.05, 0) is 19.1 Å².